The van der Waals surface area contributed by atoms with E-state index in [0.717, 1.165) is 37.1 Å². The fourth-order valence-electron chi connectivity index (χ4n) is 2.64. The standard InChI is InChI=1S/C17H25FN2O2/c1-17(2,3)22-16(21)20-11-12-4-5-15(18)14(10-12)13-6-8-19-9-7-13/h4-5,10,13,19H,6-9,11H2,1-3H3,(H,20,21). The van der Waals surface area contributed by atoms with E-state index in [1.165, 1.54) is 6.07 Å². The minimum atomic E-state index is -0.521. The Morgan fingerprint density at radius 1 is 1.36 bits per heavy atom. The van der Waals surface area contributed by atoms with Crippen molar-refractivity contribution in [3.63, 3.8) is 0 Å². The number of nitrogens with one attached hydrogen (secondary N) is 2. The van der Waals surface area contributed by atoms with Crippen molar-refractivity contribution in [2.75, 3.05) is 13.1 Å². The Hall–Kier alpha value is -1.62. The Morgan fingerprint density at radius 3 is 2.68 bits per heavy atom. The Kier molecular flexibility index (Phi) is 5.40. The van der Waals surface area contributed by atoms with Crippen molar-refractivity contribution in [3.05, 3.63) is 35.1 Å². The minimum Gasteiger partial charge on any atom is -0.444 e. The van der Waals surface area contributed by atoms with Gasteiger partial charge in [0.1, 0.15) is 11.4 Å². The highest BCUT2D eigenvalue weighted by Crippen LogP contribution is 2.28. The molecule has 1 aromatic carbocycles. The largest absolute Gasteiger partial charge is 0.444 e. The van der Waals surface area contributed by atoms with Crippen LogP contribution in [0, 0.1) is 5.82 Å². The molecule has 0 radical (unpaired) electrons. The van der Waals surface area contributed by atoms with Gasteiger partial charge in [-0.25, -0.2) is 9.18 Å². The number of piperidine rings is 1. The van der Waals surface area contributed by atoms with E-state index in [1.807, 2.05) is 26.8 Å². The molecule has 22 heavy (non-hydrogen) atoms. The lowest BCUT2D eigenvalue weighted by Crippen LogP contribution is -2.32. The zero-order chi connectivity index (χ0) is 16.2. The smallest absolute Gasteiger partial charge is 0.407 e. The molecule has 122 valence electrons. The summed E-state index contributed by atoms with van der Waals surface area (Å²) in [6.45, 7) is 7.64. The molecular formula is C17H25FN2O2. The molecule has 0 aromatic heterocycles. The third-order valence-electron chi connectivity index (χ3n) is 3.68. The van der Waals surface area contributed by atoms with Gasteiger partial charge in [0.15, 0.2) is 0 Å². The third-order valence-corrected chi connectivity index (χ3v) is 3.68. The third kappa shape index (κ3) is 4.98. The van der Waals surface area contributed by atoms with Crippen molar-refractivity contribution >= 4 is 6.09 Å². The fourth-order valence-corrected chi connectivity index (χ4v) is 2.64. The fraction of sp³-hybridized carbons (Fsp3) is 0.588. The van der Waals surface area contributed by atoms with E-state index in [4.69, 9.17) is 4.74 Å². The number of halogens is 1. The number of benzene rings is 1. The van der Waals surface area contributed by atoms with E-state index in [9.17, 15) is 9.18 Å². The van der Waals surface area contributed by atoms with Crippen LogP contribution >= 0.6 is 0 Å². The minimum absolute atomic E-state index is 0.159. The van der Waals surface area contributed by atoms with Crippen LogP contribution in [-0.4, -0.2) is 24.8 Å². The molecule has 2 N–H and O–H groups in total. The molecule has 1 fully saturated rings. The van der Waals surface area contributed by atoms with Crippen molar-refractivity contribution in [1.29, 1.82) is 0 Å². The lowest BCUT2D eigenvalue weighted by atomic mass is 9.89. The number of alkyl carbamates (subject to hydrolysis) is 1. The zero-order valence-electron chi connectivity index (χ0n) is 13.5. The molecule has 2 rings (SSSR count). The van der Waals surface area contributed by atoms with Crippen LogP contribution in [0.25, 0.3) is 0 Å². The Bertz CT molecular complexity index is 520. The molecule has 1 amide bonds. The van der Waals surface area contributed by atoms with Crippen LogP contribution in [0.15, 0.2) is 18.2 Å². The summed E-state index contributed by atoms with van der Waals surface area (Å²) < 4.78 is 19.2. The van der Waals surface area contributed by atoms with Crippen LogP contribution in [0.1, 0.15) is 50.7 Å². The summed E-state index contributed by atoms with van der Waals surface area (Å²) in [5.41, 5.74) is 1.12. The van der Waals surface area contributed by atoms with Gasteiger partial charge >= 0.3 is 6.09 Å². The van der Waals surface area contributed by atoms with Gasteiger partial charge in [0, 0.05) is 6.54 Å². The van der Waals surface area contributed by atoms with Crippen molar-refractivity contribution in [1.82, 2.24) is 10.6 Å². The maximum atomic E-state index is 14.0. The number of rotatable bonds is 3. The van der Waals surface area contributed by atoms with Crippen molar-refractivity contribution in [3.8, 4) is 0 Å². The van der Waals surface area contributed by atoms with Crippen LogP contribution in [0.3, 0.4) is 0 Å². The van der Waals surface area contributed by atoms with E-state index >= 15 is 0 Å². The zero-order valence-corrected chi connectivity index (χ0v) is 13.5. The number of hydrogen-bond acceptors (Lipinski definition) is 3. The van der Waals surface area contributed by atoms with E-state index in [0.29, 0.717) is 6.54 Å². The summed E-state index contributed by atoms with van der Waals surface area (Å²) >= 11 is 0. The average Bonchev–Trinajstić information content (AvgIpc) is 2.45. The van der Waals surface area contributed by atoms with Crippen LogP contribution in [0.2, 0.25) is 0 Å². The molecule has 5 heteroatoms. The molecule has 0 spiro atoms. The normalized spacial score (nSPS) is 16.4. The summed E-state index contributed by atoms with van der Waals surface area (Å²) in [5, 5.41) is 5.99. The highest BCUT2D eigenvalue weighted by Gasteiger charge is 2.19. The number of ether oxygens (including phenoxy) is 1. The predicted molar refractivity (Wildman–Crippen MR) is 84.3 cm³/mol. The monoisotopic (exact) mass is 308 g/mol. The van der Waals surface area contributed by atoms with Gasteiger partial charge in [-0.2, -0.15) is 0 Å². The highest BCUT2D eigenvalue weighted by atomic mass is 19.1. The first kappa shape index (κ1) is 16.7. The predicted octanol–water partition coefficient (Wildman–Crippen LogP) is 3.32. The first-order chi connectivity index (χ1) is 10.3. The topological polar surface area (TPSA) is 50.4 Å². The van der Waals surface area contributed by atoms with Crippen LogP contribution < -0.4 is 10.6 Å². The molecule has 1 aliphatic heterocycles. The number of hydrogen-bond donors (Lipinski definition) is 2. The van der Waals surface area contributed by atoms with Gasteiger partial charge in [0.2, 0.25) is 0 Å². The first-order valence-electron chi connectivity index (χ1n) is 7.81. The molecule has 0 atom stereocenters. The molecule has 1 aromatic rings. The Balaban J connectivity index is 1.98. The summed E-state index contributed by atoms with van der Waals surface area (Å²) in [6, 6.07) is 5.06. The maximum Gasteiger partial charge on any atom is 0.407 e. The number of carbonyl (C=O) groups is 1. The molecule has 1 saturated heterocycles. The molecule has 0 saturated carbocycles. The molecule has 1 aliphatic rings. The van der Waals surface area contributed by atoms with Gasteiger partial charge in [0.25, 0.3) is 0 Å². The van der Waals surface area contributed by atoms with Crippen molar-refractivity contribution in [2.24, 2.45) is 0 Å². The van der Waals surface area contributed by atoms with Gasteiger partial charge in [-0.05, 0) is 69.8 Å². The van der Waals surface area contributed by atoms with E-state index in [-0.39, 0.29) is 11.7 Å². The SMILES string of the molecule is CC(C)(C)OC(=O)NCc1ccc(F)c(C2CCNCC2)c1. The van der Waals surface area contributed by atoms with Gasteiger partial charge in [-0.15, -0.1) is 0 Å². The van der Waals surface area contributed by atoms with Gasteiger partial charge in [-0.1, -0.05) is 12.1 Å². The highest BCUT2D eigenvalue weighted by molar-refractivity contribution is 5.67. The van der Waals surface area contributed by atoms with E-state index in [1.54, 1.807) is 6.07 Å². The van der Waals surface area contributed by atoms with E-state index in [2.05, 4.69) is 10.6 Å². The first-order valence-corrected chi connectivity index (χ1v) is 7.81. The van der Waals surface area contributed by atoms with Gasteiger partial charge < -0.3 is 15.4 Å². The number of amides is 1. The Labute approximate surface area is 131 Å². The second-order valence-corrected chi connectivity index (χ2v) is 6.74. The summed E-state index contributed by atoms with van der Waals surface area (Å²) in [6.07, 6.45) is 1.43. The lowest BCUT2D eigenvalue weighted by molar-refractivity contribution is 0.0523. The quantitative estimate of drug-likeness (QED) is 0.900. The van der Waals surface area contributed by atoms with Gasteiger partial charge in [-0.3, -0.25) is 0 Å². The van der Waals surface area contributed by atoms with Crippen molar-refractivity contribution in [2.45, 2.75) is 51.7 Å². The van der Waals surface area contributed by atoms with E-state index < -0.39 is 11.7 Å². The lowest BCUT2D eigenvalue weighted by Gasteiger charge is -2.24. The maximum absolute atomic E-state index is 14.0. The summed E-state index contributed by atoms with van der Waals surface area (Å²) in [4.78, 5) is 11.7. The van der Waals surface area contributed by atoms with Crippen LogP contribution in [0.5, 0.6) is 0 Å². The molecule has 1 heterocycles. The van der Waals surface area contributed by atoms with Gasteiger partial charge in [0.05, 0.1) is 0 Å². The molecule has 0 aliphatic carbocycles. The molecular weight excluding hydrogens is 283 g/mol. The molecule has 0 unspecified atom stereocenters. The Morgan fingerprint density at radius 2 is 2.05 bits per heavy atom. The second kappa shape index (κ2) is 7.09. The van der Waals surface area contributed by atoms with Crippen LogP contribution in [0.4, 0.5) is 9.18 Å². The summed E-state index contributed by atoms with van der Waals surface area (Å²) in [7, 11) is 0. The molecule has 0 bridgehead atoms. The summed E-state index contributed by atoms with van der Waals surface area (Å²) in [5.74, 6) is 0.0932. The van der Waals surface area contributed by atoms with Crippen LogP contribution in [-0.2, 0) is 11.3 Å². The number of carbonyl (C=O) groups excluding carboxylic acids is 1. The second-order valence-electron chi connectivity index (χ2n) is 6.74. The van der Waals surface area contributed by atoms with Crippen molar-refractivity contribution < 1.29 is 13.9 Å². The average molecular weight is 308 g/mol. The molecule has 4 nitrogen and oxygen atoms in total.